The van der Waals surface area contributed by atoms with Crippen LogP contribution >= 0.6 is 0 Å². The molecule has 29 heavy (non-hydrogen) atoms. The zero-order chi connectivity index (χ0) is 21.6. The third-order valence-corrected chi connectivity index (χ3v) is 5.48. The number of carbonyl (C=O) groups is 1. The summed E-state index contributed by atoms with van der Waals surface area (Å²) in [4.78, 5) is 13.5. The van der Waals surface area contributed by atoms with Gasteiger partial charge in [-0.1, -0.05) is 6.07 Å². The zero-order valence-corrected chi connectivity index (χ0v) is 17.9. The van der Waals surface area contributed by atoms with Crippen molar-refractivity contribution in [3.05, 3.63) is 48.0 Å². The number of carbonyl (C=O) groups excluding carboxylic acids is 1. The molecule has 9 heteroatoms. The van der Waals surface area contributed by atoms with Crippen molar-refractivity contribution in [2.75, 3.05) is 26.1 Å². The molecule has 2 aromatic rings. The predicted octanol–water partition coefficient (Wildman–Crippen LogP) is 0.783. The summed E-state index contributed by atoms with van der Waals surface area (Å²) in [5.74, 6) is 1.10. The van der Waals surface area contributed by atoms with Gasteiger partial charge in [-0.3, -0.25) is 4.79 Å². The molecule has 4 N–H and O–H groups in total. The number of hydrogen-bond donors (Lipinski definition) is 3. The Morgan fingerprint density at radius 2 is 1.93 bits per heavy atom. The fourth-order valence-corrected chi connectivity index (χ4v) is 3.36. The molecule has 0 aromatic heterocycles. The first-order valence-corrected chi connectivity index (χ1v) is 10.8. The van der Waals surface area contributed by atoms with Crippen LogP contribution in [-0.4, -0.2) is 41.1 Å². The van der Waals surface area contributed by atoms with Gasteiger partial charge in [0.1, 0.15) is 6.54 Å². The Kier molecular flexibility index (Phi) is 7.60. The molecule has 0 saturated carbocycles. The van der Waals surface area contributed by atoms with E-state index >= 15 is 0 Å². The molecule has 2 atom stereocenters. The summed E-state index contributed by atoms with van der Waals surface area (Å²) in [6, 6.07) is 11.2. The molecule has 2 rings (SSSR count). The van der Waals surface area contributed by atoms with Crippen LogP contribution in [0.4, 0.5) is 5.69 Å². The van der Waals surface area contributed by atoms with Crippen LogP contribution in [0.1, 0.15) is 19.4 Å². The molecule has 0 fully saturated rings. The van der Waals surface area contributed by atoms with Gasteiger partial charge >= 0.3 is 0 Å². The number of methoxy groups -OCH3 is 1. The molecule has 0 heterocycles. The predicted molar refractivity (Wildman–Crippen MR) is 111 cm³/mol. The number of benzene rings is 2. The summed E-state index contributed by atoms with van der Waals surface area (Å²) in [5, 5.41) is 7.88. The molecule has 1 amide bonds. The number of nitrogens with two attached hydrogens (primary N) is 1. The maximum absolute atomic E-state index is 12.6. The fourth-order valence-electron chi connectivity index (χ4n) is 2.80. The summed E-state index contributed by atoms with van der Waals surface area (Å²) in [6.07, 6.45) is 0. The average Bonchev–Trinajstić information content (AvgIpc) is 2.68. The number of rotatable bonds is 9. The van der Waals surface area contributed by atoms with Gasteiger partial charge in [0.25, 0.3) is 5.91 Å². The molecule has 0 aliphatic heterocycles. The molecule has 0 aliphatic rings. The highest BCUT2D eigenvalue weighted by Crippen LogP contribution is 2.27. The normalized spacial score (nSPS) is 13.4. The maximum Gasteiger partial charge on any atom is 0.282 e. The second-order valence-corrected chi connectivity index (χ2v) is 8.29. The van der Waals surface area contributed by atoms with Crippen LogP contribution in [0.3, 0.4) is 0 Å². The lowest BCUT2D eigenvalue weighted by molar-refractivity contribution is -0.907. The Morgan fingerprint density at radius 3 is 2.55 bits per heavy atom. The van der Waals surface area contributed by atoms with Gasteiger partial charge in [0.05, 0.1) is 25.7 Å². The zero-order valence-electron chi connectivity index (χ0n) is 17.1. The first kappa shape index (κ1) is 22.7. The standard InChI is InChI=1S/C20H27N3O5S/c1-5-28-18-10-9-15(11-19(18)27-4)13-23(3)14(2)20(24)22-16-7-6-8-17(12-16)29(21,25)26/h6-12,14H,5,13H2,1-4H3,(H,22,24)(H2,21,25,26)/p+1/t14-/m0/s1. The lowest BCUT2D eigenvalue weighted by Crippen LogP contribution is -3.12. The van der Waals surface area contributed by atoms with Gasteiger partial charge < -0.3 is 19.7 Å². The minimum atomic E-state index is -3.83. The molecule has 158 valence electrons. The Balaban J connectivity index is 2.06. The van der Waals surface area contributed by atoms with Gasteiger partial charge in [0.15, 0.2) is 17.5 Å². The molecule has 0 saturated heterocycles. The number of nitrogens with one attached hydrogen (secondary N) is 2. The van der Waals surface area contributed by atoms with E-state index in [9.17, 15) is 13.2 Å². The minimum absolute atomic E-state index is 0.0508. The fraction of sp³-hybridized carbons (Fsp3) is 0.350. The second-order valence-electron chi connectivity index (χ2n) is 6.73. The Morgan fingerprint density at radius 1 is 1.21 bits per heavy atom. The highest BCUT2D eigenvalue weighted by atomic mass is 32.2. The number of hydrogen-bond acceptors (Lipinski definition) is 5. The van der Waals surface area contributed by atoms with E-state index in [0.717, 1.165) is 10.5 Å². The van der Waals surface area contributed by atoms with Crippen LogP contribution in [0.25, 0.3) is 0 Å². The largest absolute Gasteiger partial charge is 0.493 e. The summed E-state index contributed by atoms with van der Waals surface area (Å²) < 4.78 is 33.8. The highest BCUT2D eigenvalue weighted by Gasteiger charge is 2.23. The van der Waals surface area contributed by atoms with Gasteiger partial charge in [-0.25, -0.2) is 13.6 Å². The van der Waals surface area contributed by atoms with E-state index < -0.39 is 10.0 Å². The maximum atomic E-state index is 12.6. The lowest BCUT2D eigenvalue weighted by atomic mass is 10.1. The summed E-state index contributed by atoms with van der Waals surface area (Å²) in [6.45, 7) is 4.85. The van der Waals surface area contributed by atoms with Crippen LogP contribution in [-0.2, 0) is 21.4 Å². The topological polar surface area (TPSA) is 112 Å². The Labute approximate surface area is 171 Å². The van der Waals surface area contributed by atoms with Crippen molar-refractivity contribution in [2.45, 2.75) is 31.3 Å². The Bertz CT molecular complexity index is 962. The van der Waals surface area contributed by atoms with Crippen molar-refractivity contribution in [3.63, 3.8) is 0 Å². The van der Waals surface area contributed by atoms with Gasteiger partial charge in [-0.15, -0.1) is 0 Å². The van der Waals surface area contributed by atoms with Crippen molar-refractivity contribution in [1.82, 2.24) is 0 Å². The third kappa shape index (κ3) is 6.18. The van der Waals surface area contributed by atoms with Gasteiger partial charge in [0, 0.05) is 11.3 Å². The third-order valence-electron chi connectivity index (χ3n) is 4.57. The van der Waals surface area contributed by atoms with Gasteiger partial charge in [-0.2, -0.15) is 0 Å². The van der Waals surface area contributed by atoms with E-state index in [0.29, 0.717) is 30.3 Å². The van der Waals surface area contributed by atoms with Gasteiger partial charge in [0.2, 0.25) is 10.0 Å². The van der Waals surface area contributed by atoms with Crippen molar-refractivity contribution >= 4 is 21.6 Å². The summed E-state index contributed by atoms with van der Waals surface area (Å²) in [5.41, 5.74) is 1.38. The van der Waals surface area contributed by atoms with Crippen LogP contribution in [0, 0.1) is 0 Å². The summed E-state index contributed by atoms with van der Waals surface area (Å²) in [7, 11) is -0.334. The molecule has 1 unspecified atom stereocenters. The van der Waals surface area contributed by atoms with E-state index in [1.165, 1.54) is 18.2 Å². The number of sulfonamides is 1. The van der Waals surface area contributed by atoms with Gasteiger partial charge in [-0.05, 0) is 50.2 Å². The molecular formula is C20H28N3O5S+. The number of ether oxygens (including phenoxy) is 2. The molecule has 8 nitrogen and oxygen atoms in total. The molecule has 0 spiro atoms. The lowest BCUT2D eigenvalue weighted by Gasteiger charge is -2.22. The van der Waals surface area contributed by atoms with E-state index in [4.69, 9.17) is 14.6 Å². The van der Waals surface area contributed by atoms with E-state index in [2.05, 4.69) is 5.32 Å². The van der Waals surface area contributed by atoms with Crippen LogP contribution in [0.2, 0.25) is 0 Å². The number of likely N-dealkylation sites (N-methyl/N-ethyl adjacent to an activating group) is 1. The quantitative estimate of drug-likeness (QED) is 0.553. The average molecular weight is 423 g/mol. The molecule has 0 radical (unpaired) electrons. The minimum Gasteiger partial charge on any atom is -0.493 e. The van der Waals surface area contributed by atoms with Crippen LogP contribution in [0.5, 0.6) is 11.5 Å². The van der Waals surface area contributed by atoms with Crippen molar-refractivity contribution in [3.8, 4) is 11.5 Å². The van der Waals surface area contributed by atoms with E-state index in [1.807, 2.05) is 32.2 Å². The van der Waals surface area contributed by atoms with Crippen molar-refractivity contribution in [1.29, 1.82) is 0 Å². The van der Waals surface area contributed by atoms with E-state index in [-0.39, 0.29) is 16.8 Å². The summed E-state index contributed by atoms with van der Waals surface area (Å²) >= 11 is 0. The Hall–Kier alpha value is -2.62. The highest BCUT2D eigenvalue weighted by molar-refractivity contribution is 7.89. The van der Waals surface area contributed by atoms with Crippen LogP contribution < -0.4 is 24.8 Å². The number of quaternary nitrogens is 1. The first-order chi connectivity index (χ1) is 13.7. The second kappa shape index (κ2) is 9.73. The SMILES string of the molecule is CCOc1ccc(C[NH+](C)[C@@H](C)C(=O)Nc2cccc(S(N)(=O)=O)c2)cc1OC. The first-order valence-electron chi connectivity index (χ1n) is 9.21. The molecular weight excluding hydrogens is 394 g/mol. The number of anilines is 1. The number of primary sulfonamides is 1. The number of amides is 1. The van der Waals surface area contributed by atoms with Crippen molar-refractivity contribution in [2.24, 2.45) is 5.14 Å². The smallest absolute Gasteiger partial charge is 0.282 e. The van der Waals surface area contributed by atoms with Crippen LogP contribution in [0.15, 0.2) is 47.4 Å². The van der Waals surface area contributed by atoms with Crippen molar-refractivity contribution < 1.29 is 27.6 Å². The molecule has 2 aromatic carbocycles. The molecule has 0 bridgehead atoms. The monoisotopic (exact) mass is 422 g/mol. The molecule has 0 aliphatic carbocycles. The van der Waals surface area contributed by atoms with E-state index in [1.54, 1.807) is 20.1 Å².